The maximum absolute atomic E-state index is 11.8. The molecular formula is C14H21N5O3. The average molecular weight is 307 g/mol. The van der Waals surface area contributed by atoms with Gasteiger partial charge in [0.25, 0.3) is 5.91 Å². The normalized spacial score (nSPS) is 14.8. The van der Waals surface area contributed by atoms with Gasteiger partial charge in [-0.3, -0.25) is 9.59 Å². The van der Waals surface area contributed by atoms with E-state index in [4.69, 9.17) is 4.74 Å². The van der Waals surface area contributed by atoms with Crippen LogP contribution in [0.3, 0.4) is 0 Å². The molecule has 1 N–H and O–H groups in total. The van der Waals surface area contributed by atoms with Crippen LogP contribution in [0.1, 0.15) is 17.4 Å². The fourth-order valence-corrected chi connectivity index (χ4v) is 2.21. The molecule has 0 aliphatic carbocycles. The molecule has 8 nitrogen and oxygen atoms in total. The number of hydrogen-bond donors (Lipinski definition) is 1. The summed E-state index contributed by atoms with van der Waals surface area (Å²) in [5.74, 6) is 0.544. The van der Waals surface area contributed by atoms with E-state index >= 15 is 0 Å². The summed E-state index contributed by atoms with van der Waals surface area (Å²) < 4.78 is 4.87. The van der Waals surface area contributed by atoms with Crippen molar-refractivity contribution < 1.29 is 14.3 Å². The molecular weight excluding hydrogens is 286 g/mol. The summed E-state index contributed by atoms with van der Waals surface area (Å²) in [6.07, 6.45) is 3.06. The van der Waals surface area contributed by atoms with Crippen molar-refractivity contribution in [3.63, 3.8) is 0 Å². The number of ether oxygens (including phenoxy) is 1. The minimum absolute atomic E-state index is 0.0915. The predicted molar refractivity (Wildman–Crippen MR) is 80.7 cm³/mol. The monoisotopic (exact) mass is 307 g/mol. The summed E-state index contributed by atoms with van der Waals surface area (Å²) in [6, 6.07) is 0. The zero-order valence-electron chi connectivity index (χ0n) is 12.9. The summed E-state index contributed by atoms with van der Waals surface area (Å²) in [4.78, 5) is 35.4. The van der Waals surface area contributed by atoms with Gasteiger partial charge in [0.2, 0.25) is 5.91 Å². The van der Waals surface area contributed by atoms with E-state index < -0.39 is 0 Å². The molecule has 0 unspecified atom stereocenters. The molecule has 0 radical (unpaired) electrons. The van der Waals surface area contributed by atoms with Crippen molar-refractivity contribution in [2.24, 2.45) is 0 Å². The molecule has 2 amide bonds. The van der Waals surface area contributed by atoms with Gasteiger partial charge in [0, 0.05) is 46.8 Å². The largest absolute Gasteiger partial charge is 0.383 e. The first-order chi connectivity index (χ1) is 10.6. The summed E-state index contributed by atoms with van der Waals surface area (Å²) in [6.45, 7) is 5.25. The van der Waals surface area contributed by atoms with Crippen LogP contribution in [0.25, 0.3) is 0 Å². The van der Waals surface area contributed by atoms with E-state index in [0.29, 0.717) is 39.3 Å². The lowest BCUT2D eigenvalue weighted by Gasteiger charge is -2.34. The Morgan fingerprint density at radius 1 is 1.23 bits per heavy atom. The number of nitrogens with one attached hydrogen (secondary N) is 1. The minimum atomic E-state index is -0.266. The molecule has 0 saturated carbocycles. The number of piperazine rings is 1. The SMILES string of the molecule is COCCNC(=O)c1cnc(N2CCN(C(C)=O)CC2)cn1. The van der Waals surface area contributed by atoms with Crippen molar-refractivity contribution in [1.29, 1.82) is 0 Å². The van der Waals surface area contributed by atoms with Gasteiger partial charge in [-0.25, -0.2) is 9.97 Å². The summed E-state index contributed by atoms with van der Waals surface area (Å²) in [7, 11) is 1.58. The second-order valence-electron chi connectivity index (χ2n) is 5.00. The molecule has 2 heterocycles. The predicted octanol–water partition coefficient (Wildman–Crippen LogP) is -0.479. The van der Waals surface area contributed by atoms with Crippen LogP contribution in [0.4, 0.5) is 5.82 Å². The number of nitrogens with zero attached hydrogens (tertiary/aromatic N) is 4. The van der Waals surface area contributed by atoms with Gasteiger partial charge in [-0.15, -0.1) is 0 Å². The standard InChI is InChI=1S/C14H21N5O3/c1-11(20)18-4-6-19(7-5-18)13-10-16-12(9-17-13)14(21)15-3-8-22-2/h9-10H,3-8H2,1-2H3,(H,15,21). The molecule has 1 aliphatic rings. The highest BCUT2D eigenvalue weighted by atomic mass is 16.5. The smallest absolute Gasteiger partial charge is 0.271 e. The van der Waals surface area contributed by atoms with Crippen LogP contribution >= 0.6 is 0 Å². The Kier molecular flexibility index (Phi) is 5.65. The molecule has 0 aromatic carbocycles. The van der Waals surface area contributed by atoms with E-state index in [1.165, 1.54) is 6.20 Å². The van der Waals surface area contributed by atoms with E-state index in [2.05, 4.69) is 20.2 Å². The van der Waals surface area contributed by atoms with E-state index in [-0.39, 0.29) is 17.5 Å². The maximum atomic E-state index is 11.8. The first-order valence-electron chi connectivity index (χ1n) is 7.21. The molecule has 1 fully saturated rings. The van der Waals surface area contributed by atoms with E-state index in [0.717, 1.165) is 5.82 Å². The fourth-order valence-electron chi connectivity index (χ4n) is 2.21. The molecule has 22 heavy (non-hydrogen) atoms. The lowest BCUT2D eigenvalue weighted by molar-refractivity contribution is -0.129. The van der Waals surface area contributed by atoms with E-state index in [1.54, 1.807) is 20.2 Å². The van der Waals surface area contributed by atoms with Gasteiger partial charge < -0.3 is 19.9 Å². The summed E-state index contributed by atoms with van der Waals surface area (Å²) in [5.41, 5.74) is 0.280. The zero-order valence-corrected chi connectivity index (χ0v) is 12.9. The van der Waals surface area contributed by atoms with Crippen LogP contribution < -0.4 is 10.2 Å². The van der Waals surface area contributed by atoms with Gasteiger partial charge >= 0.3 is 0 Å². The molecule has 0 bridgehead atoms. The second kappa shape index (κ2) is 7.69. The van der Waals surface area contributed by atoms with Gasteiger partial charge in [0.05, 0.1) is 19.0 Å². The van der Waals surface area contributed by atoms with Crippen molar-refractivity contribution >= 4 is 17.6 Å². The Bertz CT molecular complexity index is 512. The topological polar surface area (TPSA) is 87.7 Å². The number of hydrogen-bond acceptors (Lipinski definition) is 6. The second-order valence-corrected chi connectivity index (χ2v) is 5.00. The van der Waals surface area contributed by atoms with Crippen LogP contribution in [0, 0.1) is 0 Å². The lowest BCUT2D eigenvalue weighted by atomic mass is 10.3. The highest BCUT2D eigenvalue weighted by molar-refractivity contribution is 5.92. The van der Waals surface area contributed by atoms with Gasteiger partial charge in [-0.05, 0) is 0 Å². The number of amides is 2. The van der Waals surface area contributed by atoms with E-state index in [1.807, 2.05) is 4.90 Å². The molecule has 0 spiro atoms. The first kappa shape index (κ1) is 16.2. The highest BCUT2D eigenvalue weighted by Gasteiger charge is 2.20. The molecule has 0 atom stereocenters. The number of aromatic nitrogens is 2. The van der Waals surface area contributed by atoms with Crippen molar-refractivity contribution in [2.75, 3.05) is 51.3 Å². The van der Waals surface area contributed by atoms with Crippen LogP contribution in [-0.2, 0) is 9.53 Å². The maximum Gasteiger partial charge on any atom is 0.271 e. The average Bonchev–Trinajstić information content (AvgIpc) is 2.55. The molecule has 1 aromatic heterocycles. The third-order valence-corrected chi connectivity index (χ3v) is 3.51. The van der Waals surface area contributed by atoms with Crippen LogP contribution in [-0.4, -0.2) is 73.1 Å². The number of carbonyl (C=O) groups is 2. The van der Waals surface area contributed by atoms with Crippen LogP contribution in [0.15, 0.2) is 12.4 Å². The van der Waals surface area contributed by atoms with Gasteiger partial charge in [0.15, 0.2) is 0 Å². The quantitative estimate of drug-likeness (QED) is 0.739. The zero-order chi connectivity index (χ0) is 15.9. The Balaban J connectivity index is 1.89. The molecule has 1 aromatic rings. The fraction of sp³-hybridized carbons (Fsp3) is 0.571. The Hall–Kier alpha value is -2.22. The number of anilines is 1. The molecule has 2 rings (SSSR count). The third kappa shape index (κ3) is 4.14. The van der Waals surface area contributed by atoms with Crippen molar-refractivity contribution in [1.82, 2.24) is 20.2 Å². The summed E-state index contributed by atoms with van der Waals surface area (Å²) in [5, 5.41) is 2.69. The number of rotatable bonds is 5. The molecule has 120 valence electrons. The number of carbonyl (C=O) groups excluding carboxylic acids is 2. The molecule has 1 aliphatic heterocycles. The van der Waals surface area contributed by atoms with Gasteiger partial charge in [0.1, 0.15) is 11.5 Å². The minimum Gasteiger partial charge on any atom is -0.383 e. The van der Waals surface area contributed by atoms with Crippen LogP contribution in [0.2, 0.25) is 0 Å². The third-order valence-electron chi connectivity index (χ3n) is 3.51. The lowest BCUT2D eigenvalue weighted by Crippen LogP contribution is -2.48. The number of methoxy groups -OCH3 is 1. The Morgan fingerprint density at radius 2 is 1.95 bits per heavy atom. The van der Waals surface area contributed by atoms with Crippen molar-refractivity contribution in [2.45, 2.75) is 6.92 Å². The molecule has 8 heteroatoms. The Morgan fingerprint density at radius 3 is 2.50 bits per heavy atom. The van der Waals surface area contributed by atoms with Crippen molar-refractivity contribution in [3.8, 4) is 0 Å². The molecule has 1 saturated heterocycles. The van der Waals surface area contributed by atoms with Crippen LogP contribution in [0.5, 0.6) is 0 Å². The summed E-state index contributed by atoms with van der Waals surface area (Å²) >= 11 is 0. The first-order valence-corrected chi connectivity index (χ1v) is 7.21. The van der Waals surface area contributed by atoms with E-state index in [9.17, 15) is 9.59 Å². The van der Waals surface area contributed by atoms with Gasteiger partial charge in [-0.1, -0.05) is 0 Å². The Labute approximate surface area is 129 Å². The van der Waals surface area contributed by atoms with Gasteiger partial charge in [-0.2, -0.15) is 0 Å². The highest BCUT2D eigenvalue weighted by Crippen LogP contribution is 2.12. The van der Waals surface area contributed by atoms with Crippen molar-refractivity contribution in [3.05, 3.63) is 18.1 Å².